The van der Waals surface area contributed by atoms with E-state index < -0.39 is 5.60 Å². The van der Waals surface area contributed by atoms with Gasteiger partial charge in [-0.15, -0.1) is 0 Å². The highest BCUT2D eigenvalue weighted by Crippen LogP contribution is 2.44. The van der Waals surface area contributed by atoms with Gasteiger partial charge in [0.25, 0.3) is 0 Å². The molecule has 0 radical (unpaired) electrons. The fraction of sp³-hybridized carbons (Fsp3) is 0.462. The van der Waals surface area contributed by atoms with E-state index in [9.17, 15) is 9.59 Å². The Hall–Kier alpha value is -2.82. The van der Waals surface area contributed by atoms with Crippen molar-refractivity contribution in [1.29, 1.82) is 0 Å². The highest BCUT2D eigenvalue weighted by atomic mass is 16.6. The highest BCUT2D eigenvalue weighted by molar-refractivity contribution is 5.98. The molecular formula is C26H30O5. The Labute approximate surface area is 183 Å². The lowest BCUT2D eigenvalue weighted by Crippen LogP contribution is -2.48. The molecule has 1 atom stereocenters. The Morgan fingerprint density at radius 2 is 1.77 bits per heavy atom. The molecule has 1 heterocycles. The lowest BCUT2D eigenvalue weighted by Gasteiger charge is -2.41. The Morgan fingerprint density at radius 3 is 2.48 bits per heavy atom. The van der Waals surface area contributed by atoms with E-state index in [1.165, 1.54) is 0 Å². The molecule has 1 saturated heterocycles. The molecule has 1 unspecified atom stereocenters. The van der Waals surface area contributed by atoms with Gasteiger partial charge in [-0.1, -0.05) is 49.2 Å². The number of carbonyl (C=O) groups is 2. The van der Waals surface area contributed by atoms with Crippen LogP contribution < -0.4 is 9.47 Å². The largest absolute Gasteiger partial charge is 0.493 e. The van der Waals surface area contributed by atoms with Gasteiger partial charge in [-0.05, 0) is 54.9 Å². The van der Waals surface area contributed by atoms with E-state index in [4.69, 9.17) is 14.2 Å². The molecule has 0 amide bonds. The van der Waals surface area contributed by atoms with Crippen molar-refractivity contribution in [2.24, 2.45) is 5.92 Å². The second-order valence-corrected chi connectivity index (χ2v) is 8.67. The van der Waals surface area contributed by atoms with Crippen LogP contribution in [0.5, 0.6) is 11.5 Å². The summed E-state index contributed by atoms with van der Waals surface area (Å²) in [6.45, 7) is 0.472. The van der Waals surface area contributed by atoms with Crippen LogP contribution in [0.1, 0.15) is 56.1 Å². The lowest BCUT2D eigenvalue weighted by atomic mass is 9.76. The van der Waals surface area contributed by atoms with Gasteiger partial charge in [0.15, 0.2) is 11.5 Å². The molecule has 2 fully saturated rings. The minimum atomic E-state index is -0.654. The molecule has 0 N–H and O–H groups in total. The molecule has 164 valence electrons. The molecule has 1 saturated carbocycles. The summed E-state index contributed by atoms with van der Waals surface area (Å²) < 4.78 is 17.4. The normalized spacial score (nSPS) is 21.7. The molecule has 1 aliphatic carbocycles. The van der Waals surface area contributed by atoms with Crippen LogP contribution in [-0.4, -0.2) is 24.5 Å². The monoisotopic (exact) mass is 422 g/mol. The predicted octanol–water partition coefficient (Wildman–Crippen LogP) is 5.04. The first-order chi connectivity index (χ1) is 15.1. The Kier molecular flexibility index (Phi) is 6.59. The second-order valence-electron chi connectivity index (χ2n) is 8.67. The predicted molar refractivity (Wildman–Crippen MR) is 117 cm³/mol. The molecule has 0 bridgehead atoms. The van der Waals surface area contributed by atoms with Gasteiger partial charge in [0.1, 0.15) is 24.4 Å². The first-order valence-corrected chi connectivity index (χ1v) is 11.2. The van der Waals surface area contributed by atoms with E-state index in [0.717, 1.165) is 36.8 Å². The van der Waals surface area contributed by atoms with Crippen molar-refractivity contribution < 1.29 is 23.8 Å². The van der Waals surface area contributed by atoms with Gasteiger partial charge >= 0.3 is 5.97 Å². The fourth-order valence-electron chi connectivity index (χ4n) is 4.96. The minimum Gasteiger partial charge on any atom is -0.493 e. The Balaban J connectivity index is 1.46. The summed E-state index contributed by atoms with van der Waals surface area (Å²) in [6.07, 6.45) is 5.95. The summed E-state index contributed by atoms with van der Waals surface area (Å²) in [7, 11) is 1.64. The van der Waals surface area contributed by atoms with E-state index in [-0.39, 0.29) is 24.1 Å². The first-order valence-electron chi connectivity index (χ1n) is 11.2. The van der Waals surface area contributed by atoms with E-state index in [1.54, 1.807) is 7.11 Å². The van der Waals surface area contributed by atoms with Crippen LogP contribution in [0.3, 0.4) is 0 Å². The maximum Gasteiger partial charge on any atom is 0.313 e. The lowest BCUT2D eigenvalue weighted by molar-refractivity contribution is -0.178. The Bertz CT molecular complexity index is 899. The standard InChI is InChI=1S/C26H30O5/c1-29-24-15-19(11-12-23(24)30-18-20-7-3-2-4-8-20)13-14-26(21-9-5-6-10-21)17-22(27)16-25(28)31-26/h2-4,7-8,11-12,15,21H,5-6,9-10,13-14,16-18H2,1H3. The van der Waals surface area contributed by atoms with Gasteiger partial charge in [-0.2, -0.15) is 0 Å². The molecule has 31 heavy (non-hydrogen) atoms. The molecule has 5 heteroatoms. The maximum atomic E-state index is 12.3. The average Bonchev–Trinajstić information content (AvgIpc) is 3.32. The molecule has 2 aromatic carbocycles. The van der Waals surface area contributed by atoms with Gasteiger partial charge in [-0.25, -0.2) is 0 Å². The number of ketones is 1. The van der Waals surface area contributed by atoms with E-state index in [1.807, 2.05) is 48.5 Å². The molecule has 5 nitrogen and oxygen atoms in total. The number of ether oxygens (including phenoxy) is 3. The molecule has 0 aromatic heterocycles. The number of methoxy groups -OCH3 is 1. The van der Waals surface area contributed by atoms with Crippen molar-refractivity contribution in [3.05, 3.63) is 59.7 Å². The number of rotatable bonds is 8. The quantitative estimate of drug-likeness (QED) is 0.440. The molecule has 0 spiro atoms. The molecule has 2 aliphatic rings. The fourth-order valence-corrected chi connectivity index (χ4v) is 4.96. The third-order valence-electron chi connectivity index (χ3n) is 6.56. The summed E-state index contributed by atoms with van der Waals surface area (Å²) in [5.41, 5.74) is 1.52. The summed E-state index contributed by atoms with van der Waals surface area (Å²) in [5.74, 6) is 1.28. The number of benzene rings is 2. The van der Waals surface area contributed by atoms with E-state index >= 15 is 0 Å². The third kappa shape index (κ3) is 5.09. The van der Waals surface area contributed by atoms with Crippen LogP contribution in [0.25, 0.3) is 0 Å². The summed E-state index contributed by atoms with van der Waals surface area (Å²) >= 11 is 0. The van der Waals surface area contributed by atoms with Crippen molar-refractivity contribution in [3.8, 4) is 11.5 Å². The number of carbonyl (C=O) groups excluding carboxylic acids is 2. The zero-order valence-electron chi connectivity index (χ0n) is 18.1. The van der Waals surface area contributed by atoms with Gasteiger partial charge in [0.05, 0.1) is 7.11 Å². The molecule has 4 rings (SSSR count). The Morgan fingerprint density at radius 1 is 1.00 bits per heavy atom. The van der Waals surface area contributed by atoms with Crippen molar-refractivity contribution in [2.45, 2.75) is 63.6 Å². The molecule has 2 aromatic rings. The van der Waals surface area contributed by atoms with Crippen molar-refractivity contribution in [3.63, 3.8) is 0 Å². The number of aryl methyl sites for hydroxylation is 1. The number of cyclic esters (lactones) is 1. The summed E-state index contributed by atoms with van der Waals surface area (Å²) in [5, 5.41) is 0. The van der Waals surface area contributed by atoms with E-state index in [2.05, 4.69) is 0 Å². The number of hydrogen-bond donors (Lipinski definition) is 0. The van der Waals surface area contributed by atoms with E-state index in [0.29, 0.717) is 37.4 Å². The number of hydrogen-bond acceptors (Lipinski definition) is 5. The van der Waals surface area contributed by atoms with Crippen LogP contribution in [0.15, 0.2) is 48.5 Å². The van der Waals surface area contributed by atoms with Crippen LogP contribution in [0.4, 0.5) is 0 Å². The van der Waals surface area contributed by atoms with Gasteiger partial charge < -0.3 is 14.2 Å². The van der Waals surface area contributed by atoms with Crippen LogP contribution in [0.2, 0.25) is 0 Å². The maximum absolute atomic E-state index is 12.3. The van der Waals surface area contributed by atoms with Gasteiger partial charge in [0.2, 0.25) is 0 Å². The van der Waals surface area contributed by atoms with Crippen LogP contribution >= 0.6 is 0 Å². The SMILES string of the molecule is COc1cc(CCC2(C3CCCC3)CC(=O)CC(=O)O2)ccc1OCc1ccccc1. The number of esters is 1. The van der Waals surface area contributed by atoms with Crippen LogP contribution in [-0.2, 0) is 27.4 Å². The molecule has 1 aliphatic heterocycles. The minimum absolute atomic E-state index is 0.00499. The summed E-state index contributed by atoms with van der Waals surface area (Å²) in [4.78, 5) is 24.4. The van der Waals surface area contributed by atoms with Gasteiger partial charge in [-0.3, -0.25) is 9.59 Å². The highest BCUT2D eigenvalue weighted by Gasteiger charge is 2.47. The van der Waals surface area contributed by atoms with Crippen molar-refractivity contribution in [1.82, 2.24) is 0 Å². The van der Waals surface area contributed by atoms with Crippen molar-refractivity contribution in [2.75, 3.05) is 7.11 Å². The summed E-state index contributed by atoms with van der Waals surface area (Å²) in [6, 6.07) is 15.9. The second kappa shape index (κ2) is 9.54. The zero-order chi connectivity index (χ0) is 21.7. The first kappa shape index (κ1) is 21.4. The third-order valence-corrected chi connectivity index (χ3v) is 6.56. The smallest absolute Gasteiger partial charge is 0.313 e. The molecular weight excluding hydrogens is 392 g/mol. The number of Topliss-reactive ketones (excluding diaryl/α,β-unsaturated/α-hetero) is 1. The van der Waals surface area contributed by atoms with Gasteiger partial charge in [0, 0.05) is 6.42 Å². The average molecular weight is 423 g/mol. The van der Waals surface area contributed by atoms with Crippen LogP contribution in [0, 0.1) is 5.92 Å². The zero-order valence-corrected chi connectivity index (χ0v) is 18.1. The van der Waals surface area contributed by atoms with Crippen molar-refractivity contribution >= 4 is 11.8 Å². The topological polar surface area (TPSA) is 61.8 Å².